The zero-order valence-electron chi connectivity index (χ0n) is 2.78. The minimum absolute atomic E-state index is 1.04. The minimum Gasteiger partial charge on any atom is -0.156 e. The molecule has 0 spiro atoms. The minimum atomic E-state index is 1.04. The molecule has 0 aromatic heterocycles. The van der Waals surface area contributed by atoms with Crippen LogP contribution in [-0.4, -0.2) is 15.4 Å². The highest BCUT2D eigenvalue weighted by molar-refractivity contribution is 14.1. The van der Waals surface area contributed by atoms with Gasteiger partial charge in [0.25, 0.3) is 0 Å². The SMILES string of the molecule is IC[C@@H]1CS1. The molecule has 0 aromatic carbocycles. The Morgan fingerprint density at radius 3 is 2.60 bits per heavy atom. The first-order valence-corrected chi connectivity index (χ1v) is 4.18. The van der Waals surface area contributed by atoms with Crippen molar-refractivity contribution in [1.82, 2.24) is 0 Å². The van der Waals surface area contributed by atoms with Gasteiger partial charge in [-0.15, -0.1) is 0 Å². The molecule has 1 aliphatic rings. The standard InChI is InChI=1S/C3H5IS/c4-1-3-2-5-3/h3H,1-2H2/t3-/m1/s1. The summed E-state index contributed by atoms with van der Waals surface area (Å²) in [6.45, 7) is 0. The van der Waals surface area contributed by atoms with Crippen molar-refractivity contribution in [2.45, 2.75) is 5.25 Å². The maximum atomic E-state index is 2.42. The summed E-state index contributed by atoms with van der Waals surface area (Å²) < 4.78 is 1.35. The number of alkyl halides is 1. The lowest BCUT2D eigenvalue weighted by atomic mass is 10.6. The number of hydrogen-bond donors (Lipinski definition) is 0. The van der Waals surface area contributed by atoms with E-state index >= 15 is 0 Å². The van der Waals surface area contributed by atoms with Gasteiger partial charge >= 0.3 is 0 Å². The number of halogens is 1. The van der Waals surface area contributed by atoms with Crippen molar-refractivity contribution in [3.05, 3.63) is 0 Å². The molecule has 1 saturated heterocycles. The molecule has 1 atom stereocenters. The third-order valence-electron chi connectivity index (χ3n) is 0.574. The van der Waals surface area contributed by atoms with Crippen LogP contribution < -0.4 is 0 Å². The third-order valence-corrected chi connectivity index (χ3v) is 3.21. The van der Waals surface area contributed by atoms with E-state index in [4.69, 9.17) is 0 Å². The van der Waals surface area contributed by atoms with Gasteiger partial charge in [0.1, 0.15) is 0 Å². The van der Waals surface area contributed by atoms with Crippen LogP contribution in [0, 0.1) is 0 Å². The average molecular weight is 200 g/mol. The summed E-state index contributed by atoms with van der Waals surface area (Å²) >= 11 is 4.48. The number of thioether (sulfide) groups is 1. The molecule has 30 valence electrons. The first-order valence-electron chi connectivity index (χ1n) is 1.61. The fraction of sp³-hybridized carbons (Fsp3) is 1.00. The molecule has 0 aliphatic carbocycles. The Balaban J connectivity index is 2.00. The van der Waals surface area contributed by atoms with Crippen LogP contribution in [0.5, 0.6) is 0 Å². The number of rotatable bonds is 1. The van der Waals surface area contributed by atoms with E-state index in [9.17, 15) is 0 Å². The zero-order chi connectivity index (χ0) is 3.70. The molecule has 0 radical (unpaired) electrons. The van der Waals surface area contributed by atoms with Gasteiger partial charge in [-0.3, -0.25) is 0 Å². The van der Waals surface area contributed by atoms with Crippen molar-refractivity contribution in [2.24, 2.45) is 0 Å². The molecule has 0 bridgehead atoms. The van der Waals surface area contributed by atoms with Gasteiger partial charge in [0.2, 0.25) is 0 Å². The van der Waals surface area contributed by atoms with Gasteiger partial charge in [0, 0.05) is 15.4 Å². The fourth-order valence-corrected chi connectivity index (χ4v) is 2.00. The van der Waals surface area contributed by atoms with Crippen LogP contribution in [0.4, 0.5) is 0 Å². The zero-order valence-corrected chi connectivity index (χ0v) is 5.75. The second-order valence-corrected chi connectivity index (χ2v) is 3.32. The van der Waals surface area contributed by atoms with Crippen molar-refractivity contribution in [1.29, 1.82) is 0 Å². The van der Waals surface area contributed by atoms with Gasteiger partial charge in [0.15, 0.2) is 0 Å². The van der Waals surface area contributed by atoms with Gasteiger partial charge < -0.3 is 0 Å². The van der Waals surface area contributed by atoms with E-state index in [0.717, 1.165) is 5.25 Å². The smallest absolute Gasteiger partial charge is 0.0228 e. The second kappa shape index (κ2) is 1.69. The Hall–Kier alpha value is 1.08. The van der Waals surface area contributed by atoms with Gasteiger partial charge in [-0.05, 0) is 0 Å². The van der Waals surface area contributed by atoms with E-state index in [-0.39, 0.29) is 0 Å². The summed E-state index contributed by atoms with van der Waals surface area (Å²) in [5.74, 6) is 1.42. The van der Waals surface area contributed by atoms with Crippen LogP contribution in [0.1, 0.15) is 0 Å². The third kappa shape index (κ3) is 1.30. The van der Waals surface area contributed by atoms with E-state index in [1.54, 1.807) is 0 Å². The van der Waals surface area contributed by atoms with Crippen LogP contribution in [0.25, 0.3) is 0 Å². The molecule has 1 fully saturated rings. The monoisotopic (exact) mass is 200 g/mol. The van der Waals surface area contributed by atoms with Gasteiger partial charge in [-0.2, -0.15) is 11.8 Å². The summed E-state index contributed by atoms with van der Waals surface area (Å²) in [5, 5.41) is 1.04. The second-order valence-electron chi connectivity index (χ2n) is 1.11. The van der Waals surface area contributed by atoms with Gasteiger partial charge in [-0.25, -0.2) is 0 Å². The molecule has 0 saturated carbocycles. The largest absolute Gasteiger partial charge is 0.156 e. The van der Waals surface area contributed by atoms with E-state index in [0.29, 0.717) is 0 Å². The molecule has 5 heavy (non-hydrogen) atoms. The molecule has 0 aromatic rings. The molecule has 1 heterocycles. The predicted octanol–water partition coefficient (Wildman–Crippen LogP) is 1.54. The normalized spacial score (nSPS) is 34.2. The Kier molecular flexibility index (Phi) is 1.43. The average Bonchev–Trinajstić information content (AvgIpc) is 2.12. The lowest BCUT2D eigenvalue weighted by Crippen LogP contribution is -1.76. The van der Waals surface area contributed by atoms with Gasteiger partial charge in [-0.1, -0.05) is 22.6 Å². The van der Waals surface area contributed by atoms with Crippen molar-refractivity contribution in [3.63, 3.8) is 0 Å². The summed E-state index contributed by atoms with van der Waals surface area (Å²) in [6, 6.07) is 0. The first kappa shape index (κ1) is 4.24. The van der Waals surface area contributed by atoms with E-state index in [2.05, 4.69) is 34.4 Å². The highest BCUT2D eigenvalue weighted by atomic mass is 127. The van der Waals surface area contributed by atoms with Gasteiger partial charge in [0.05, 0.1) is 0 Å². The Bertz CT molecular complexity index is 33.9. The topological polar surface area (TPSA) is 0 Å². The Labute approximate surface area is 49.8 Å². The summed E-state index contributed by atoms with van der Waals surface area (Å²) in [4.78, 5) is 0. The fourth-order valence-electron chi connectivity index (χ4n) is 0.157. The van der Waals surface area contributed by atoms with E-state index in [1.165, 1.54) is 10.2 Å². The Morgan fingerprint density at radius 2 is 2.60 bits per heavy atom. The van der Waals surface area contributed by atoms with Crippen molar-refractivity contribution < 1.29 is 0 Å². The molecule has 2 heteroatoms. The molecular formula is C3H5IS. The highest BCUT2D eigenvalue weighted by Gasteiger charge is 2.19. The van der Waals surface area contributed by atoms with Crippen molar-refractivity contribution in [2.75, 3.05) is 10.2 Å². The lowest BCUT2D eigenvalue weighted by Gasteiger charge is -1.68. The highest BCUT2D eigenvalue weighted by Crippen LogP contribution is 2.31. The van der Waals surface area contributed by atoms with Crippen LogP contribution in [0.3, 0.4) is 0 Å². The lowest BCUT2D eigenvalue weighted by molar-refractivity contribution is 1.30. The summed E-state index contributed by atoms with van der Waals surface area (Å²) in [6.07, 6.45) is 0. The molecule has 0 unspecified atom stereocenters. The molecule has 1 aliphatic heterocycles. The molecule has 0 nitrogen and oxygen atoms in total. The summed E-state index contributed by atoms with van der Waals surface area (Å²) in [5.41, 5.74) is 0. The maximum absolute atomic E-state index is 2.42. The molecule has 0 N–H and O–H groups in total. The molecule has 0 amide bonds. The van der Waals surface area contributed by atoms with Crippen molar-refractivity contribution in [3.8, 4) is 0 Å². The molecular weight excluding hydrogens is 195 g/mol. The van der Waals surface area contributed by atoms with E-state index in [1.807, 2.05) is 0 Å². The maximum Gasteiger partial charge on any atom is 0.0228 e. The predicted molar refractivity (Wildman–Crippen MR) is 35.1 cm³/mol. The molecule has 1 rings (SSSR count). The van der Waals surface area contributed by atoms with Crippen LogP contribution in [0.15, 0.2) is 0 Å². The van der Waals surface area contributed by atoms with Crippen LogP contribution in [-0.2, 0) is 0 Å². The Morgan fingerprint density at radius 1 is 2.00 bits per heavy atom. The number of hydrogen-bond acceptors (Lipinski definition) is 1. The van der Waals surface area contributed by atoms with Crippen molar-refractivity contribution >= 4 is 34.4 Å². The summed E-state index contributed by atoms with van der Waals surface area (Å²) in [7, 11) is 0. The van der Waals surface area contributed by atoms with E-state index < -0.39 is 0 Å². The first-order chi connectivity index (χ1) is 2.43. The van der Waals surface area contributed by atoms with Crippen LogP contribution >= 0.6 is 34.4 Å². The van der Waals surface area contributed by atoms with Crippen LogP contribution in [0.2, 0.25) is 0 Å². The quantitative estimate of drug-likeness (QED) is 0.351.